The van der Waals surface area contributed by atoms with Crippen LogP contribution in [0.2, 0.25) is 0 Å². The van der Waals surface area contributed by atoms with E-state index >= 15 is 0 Å². The lowest BCUT2D eigenvalue weighted by molar-refractivity contribution is 0.410. The Bertz CT molecular complexity index is 842. The predicted octanol–water partition coefficient (Wildman–Crippen LogP) is 4.92. The largest absolute Gasteiger partial charge is 0.333 e. The van der Waals surface area contributed by atoms with Crippen LogP contribution in [0.5, 0.6) is 0 Å². The van der Waals surface area contributed by atoms with Crippen molar-refractivity contribution in [3.05, 3.63) is 71.4 Å². The minimum Gasteiger partial charge on any atom is -0.333 e. The highest BCUT2D eigenvalue weighted by Crippen LogP contribution is 2.25. The fourth-order valence-electron chi connectivity index (χ4n) is 2.06. The summed E-state index contributed by atoms with van der Waals surface area (Å²) in [6.07, 6.45) is 1.58. The molecule has 110 valence electrons. The third-order valence-corrected chi connectivity index (χ3v) is 3.43. The number of aromatic nitrogens is 2. The standard InChI is InChI=1S/C17H12ClFN2O/c1-11-5-2-3-8-14(11)16-20-17(22-21-16)15(18)10-12-6-4-7-13(19)9-12/h2-10H,1H3/b15-10-. The van der Waals surface area contributed by atoms with Gasteiger partial charge in [0.15, 0.2) is 0 Å². The highest BCUT2D eigenvalue weighted by molar-refractivity contribution is 6.50. The van der Waals surface area contributed by atoms with Gasteiger partial charge in [-0.25, -0.2) is 4.39 Å². The molecule has 0 aliphatic carbocycles. The summed E-state index contributed by atoms with van der Waals surface area (Å²) >= 11 is 6.18. The smallest absolute Gasteiger partial charge is 0.269 e. The van der Waals surface area contributed by atoms with Gasteiger partial charge in [0, 0.05) is 5.56 Å². The Morgan fingerprint density at radius 2 is 2.00 bits per heavy atom. The summed E-state index contributed by atoms with van der Waals surface area (Å²) in [4.78, 5) is 4.29. The summed E-state index contributed by atoms with van der Waals surface area (Å²) in [5.41, 5.74) is 2.55. The topological polar surface area (TPSA) is 38.9 Å². The molecule has 0 unspecified atom stereocenters. The van der Waals surface area contributed by atoms with Gasteiger partial charge in [0.1, 0.15) is 10.8 Å². The average Bonchev–Trinajstić information content (AvgIpc) is 2.97. The van der Waals surface area contributed by atoms with Crippen LogP contribution in [0.4, 0.5) is 4.39 Å². The summed E-state index contributed by atoms with van der Waals surface area (Å²) in [6.45, 7) is 1.97. The van der Waals surface area contributed by atoms with Crippen LogP contribution in [-0.4, -0.2) is 10.1 Å². The molecule has 0 radical (unpaired) electrons. The minimum absolute atomic E-state index is 0.198. The summed E-state index contributed by atoms with van der Waals surface area (Å²) in [7, 11) is 0. The third kappa shape index (κ3) is 3.07. The molecule has 3 rings (SSSR count). The first-order valence-corrected chi connectivity index (χ1v) is 7.04. The van der Waals surface area contributed by atoms with Crippen molar-refractivity contribution >= 4 is 22.7 Å². The zero-order valence-corrected chi connectivity index (χ0v) is 12.5. The molecule has 0 spiro atoms. The molecule has 0 saturated carbocycles. The Morgan fingerprint density at radius 3 is 2.77 bits per heavy atom. The van der Waals surface area contributed by atoms with Gasteiger partial charge in [-0.05, 0) is 36.3 Å². The first-order valence-electron chi connectivity index (χ1n) is 6.66. The molecule has 3 aromatic rings. The average molecular weight is 315 g/mol. The molecule has 2 aromatic carbocycles. The van der Waals surface area contributed by atoms with E-state index in [2.05, 4.69) is 10.1 Å². The lowest BCUT2D eigenvalue weighted by atomic mass is 10.1. The first kappa shape index (κ1) is 14.5. The van der Waals surface area contributed by atoms with Crippen molar-refractivity contribution in [2.45, 2.75) is 6.92 Å². The van der Waals surface area contributed by atoms with E-state index in [1.165, 1.54) is 12.1 Å². The van der Waals surface area contributed by atoms with E-state index in [0.717, 1.165) is 11.1 Å². The molecule has 3 nitrogen and oxygen atoms in total. The van der Waals surface area contributed by atoms with Gasteiger partial charge in [-0.1, -0.05) is 53.2 Å². The van der Waals surface area contributed by atoms with Crippen molar-refractivity contribution in [3.63, 3.8) is 0 Å². The molecule has 1 aromatic heterocycles. The number of rotatable bonds is 3. The predicted molar refractivity (Wildman–Crippen MR) is 84.6 cm³/mol. The Labute approximate surface area is 132 Å². The molecule has 0 N–H and O–H groups in total. The minimum atomic E-state index is -0.329. The highest BCUT2D eigenvalue weighted by atomic mass is 35.5. The number of hydrogen-bond donors (Lipinski definition) is 0. The van der Waals surface area contributed by atoms with Gasteiger partial charge in [-0.3, -0.25) is 0 Å². The molecule has 0 fully saturated rings. The Kier molecular flexibility index (Phi) is 4.02. The molecule has 0 aliphatic rings. The number of aryl methyl sites for hydroxylation is 1. The van der Waals surface area contributed by atoms with Gasteiger partial charge in [0.25, 0.3) is 5.89 Å². The normalized spacial score (nSPS) is 11.7. The maximum atomic E-state index is 13.2. The van der Waals surface area contributed by atoms with Gasteiger partial charge in [0.05, 0.1) is 0 Å². The first-order chi connectivity index (χ1) is 10.6. The second-order valence-corrected chi connectivity index (χ2v) is 5.19. The molecule has 0 saturated heterocycles. The van der Waals surface area contributed by atoms with Gasteiger partial charge in [-0.15, -0.1) is 0 Å². The van der Waals surface area contributed by atoms with Crippen molar-refractivity contribution in [2.24, 2.45) is 0 Å². The number of benzene rings is 2. The zero-order chi connectivity index (χ0) is 15.5. The van der Waals surface area contributed by atoms with Crippen LogP contribution >= 0.6 is 11.6 Å². The summed E-state index contributed by atoms with van der Waals surface area (Å²) < 4.78 is 18.3. The van der Waals surface area contributed by atoms with Crippen LogP contribution in [0.1, 0.15) is 17.0 Å². The van der Waals surface area contributed by atoms with Gasteiger partial charge < -0.3 is 4.52 Å². The summed E-state index contributed by atoms with van der Waals surface area (Å²) in [5.74, 6) is 0.340. The zero-order valence-electron chi connectivity index (χ0n) is 11.8. The van der Waals surface area contributed by atoms with Crippen LogP contribution < -0.4 is 0 Å². The van der Waals surface area contributed by atoms with Gasteiger partial charge in [-0.2, -0.15) is 4.98 Å². The monoisotopic (exact) mass is 314 g/mol. The van der Waals surface area contributed by atoms with Crippen LogP contribution in [0.15, 0.2) is 53.1 Å². The third-order valence-electron chi connectivity index (χ3n) is 3.16. The second kappa shape index (κ2) is 6.12. The molecule has 22 heavy (non-hydrogen) atoms. The molecule has 0 atom stereocenters. The number of nitrogens with zero attached hydrogens (tertiary/aromatic N) is 2. The fraction of sp³-hybridized carbons (Fsp3) is 0.0588. The van der Waals surface area contributed by atoms with Crippen LogP contribution in [0.25, 0.3) is 22.5 Å². The maximum Gasteiger partial charge on any atom is 0.269 e. The highest BCUT2D eigenvalue weighted by Gasteiger charge is 2.12. The Balaban J connectivity index is 1.92. The van der Waals surface area contributed by atoms with E-state index in [1.807, 2.05) is 31.2 Å². The molecular formula is C17H12ClFN2O. The quantitative estimate of drug-likeness (QED) is 0.688. The summed E-state index contributed by atoms with van der Waals surface area (Å²) in [6, 6.07) is 13.8. The molecule has 0 bridgehead atoms. The molecule has 1 heterocycles. The van der Waals surface area contributed by atoms with Crippen molar-refractivity contribution in [2.75, 3.05) is 0 Å². The molecular weight excluding hydrogens is 303 g/mol. The van der Waals surface area contributed by atoms with Gasteiger partial charge >= 0.3 is 0 Å². The van der Waals surface area contributed by atoms with E-state index in [4.69, 9.17) is 16.1 Å². The molecule has 0 amide bonds. The maximum absolute atomic E-state index is 13.2. The fourth-order valence-corrected chi connectivity index (χ4v) is 2.26. The van der Waals surface area contributed by atoms with E-state index < -0.39 is 0 Å². The van der Waals surface area contributed by atoms with Crippen molar-refractivity contribution in [1.82, 2.24) is 10.1 Å². The number of hydrogen-bond acceptors (Lipinski definition) is 3. The Morgan fingerprint density at radius 1 is 1.18 bits per heavy atom. The molecule has 5 heteroatoms. The SMILES string of the molecule is Cc1ccccc1-c1noc(/C(Cl)=C/c2cccc(F)c2)n1. The van der Waals surface area contributed by atoms with Crippen LogP contribution in [-0.2, 0) is 0 Å². The lowest BCUT2D eigenvalue weighted by Crippen LogP contribution is -1.85. The van der Waals surface area contributed by atoms with E-state index in [0.29, 0.717) is 11.4 Å². The van der Waals surface area contributed by atoms with Crippen LogP contribution in [0, 0.1) is 12.7 Å². The summed E-state index contributed by atoms with van der Waals surface area (Å²) in [5, 5.41) is 4.20. The van der Waals surface area contributed by atoms with Crippen molar-refractivity contribution in [1.29, 1.82) is 0 Å². The second-order valence-electron chi connectivity index (χ2n) is 4.79. The van der Waals surface area contributed by atoms with E-state index in [9.17, 15) is 4.39 Å². The number of halogens is 2. The van der Waals surface area contributed by atoms with E-state index in [-0.39, 0.29) is 16.7 Å². The van der Waals surface area contributed by atoms with Gasteiger partial charge in [0.2, 0.25) is 5.82 Å². The van der Waals surface area contributed by atoms with Crippen molar-refractivity contribution < 1.29 is 8.91 Å². The van der Waals surface area contributed by atoms with Crippen LogP contribution in [0.3, 0.4) is 0 Å². The van der Waals surface area contributed by atoms with Crippen molar-refractivity contribution in [3.8, 4) is 11.4 Å². The Hall–Kier alpha value is -2.46. The van der Waals surface area contributed by atoms with E-state index in [1.54, 1.807) is 18.2 Å². The lowest BCUT2D eigenvalue weighted by Gasteiger charge is -1.98. The molecule has 0 aliphatic heterocycles.